The number of carbonyl (C=O) groups excluding carboxylic acids is 1. The number of aromatic nitrogens is 2. The Morgan fingerprint density at radius 2 is 1.93 bits per heavy atom. The maximum absolute atomic E-state index is 12.4. The molecule has 2 aromatic carbocycles. The van der Waals surface area contributed by atoms with Gasteiger partial charge in [-0.1, -0.05) is 19.1 Å². The number of aryl methyl sites for hydroxylation is 2. The van der Waals surface area contributed by atoms with Crippen LogP contribution < -0.4 is 10.2 Å². The van der Waals surface area contributed by atoms with Crippen LogP contribution in [0.1, 0.15) is 31.2 Å². The number of H-pyrrole nitrogens is 1. The number of anilines is 2. The molecule has 0 spiro atoms. The maximum Gasteiger partial charge on any atom is 0.224 e. The summed E-state index contributed by atoms with van der Waals surface area (Å²) in [6.07, 6.45) is 2.02. The van der Waals surface area contributed by atoms with Crippen LogP contribution in [0.25, 0.3) is 11.0 Å². The number of hydrogen-bond acceptors (Lipinski definition) is 4. The molecule has 1 aliphatic rings. The number of piperazine rings is 1. The van der Waals surface area contributed by atoms with Crippen molar-refractivity contribution in [3.05, 3.63) is 53.9 Å². The van der Waals surface area contributed by atoms with Gasteiger partial charge in [-0.15, -0.1) is 0 Å². The van der Waals surface area contributed by atoms with E-state index in [9.17, 15) is 4.79 Å². The molecule has 3 aromatic rings. The fourth-order valence-corrected chi connectivity index (χ4v) is 4.06. The van der Waals surface area contributed by atoms with E-state index in [1.165, 1.54) is 5.69 Å². The third-order valence-electron chi connectivity index (χ3n) is 5.92. The van der Waals surface area contributed by atoms with Gasteiger partial charge in [0.15, 0.2) is 0 Å². The van der Waals surface area contributed by atoms with Crippen LogP contribution in [0.2, 0.25) is 0 Å². The molecule has 1 amide bonds. The number of likely N-dealkylation sites (N-methyl/N-ethyl adjacent to an activating group) is 1. The molecule has 0 aliphatic carbocycles. The Kier molecular flexibility index (Phi) is 6.33. The molecule has 1 aliphatic heterocycles. The van der Waals surface area contributed by atoms with Crippen LogP contribution in [0.4, 0.5) is 11.4 Å². The topological polar surface area (TPSA) is 64.3 Å². The molecular weight excluding hydrogens is 374 g/mol. The van der Waals surface area contributed by atoms with Crippen molar-refractivity contribution < 1.29 is 4.79 Å². The van der Waals surface area contributed by atoms with Gasteiger partial charge in [-0.25, -0.2) is 4.98 Å². The van der Waals surface area contributed by atoms with E-state index in [0.717, 1.165) is 73.7 Å². The zero-order valence-electron chi connectivity index (χ0n) is 17.9. The molecule has 1 saturated heterocycles. The summed E-state index contributed by atoms with van der Waals surface area (Å²) in [7, 11) is 0. The quantitative estimate of drug-likeness (QED) is 0.624. The predicted octanol–water partition coefficient (Wildman–Crippen LogP) is 3.97. The van der Waals surface area contributed by atoms with Crippen molar-refractivity contribution in [2.24, 2.45) is 0 Å². The van der Waals surface area contributed by atoms with Crippen LogP contribution in [-0.2, 0) is 11.2 Å². The van der Waals surface area contributed by atoms with E-state index in [-0.39, 0.29) is 5.91 Å². The zero-order valence-corrected chi connectivity index (χ0v) is 17.9. The van der Waals surface area contributed by atoms with Gasteiger partial charge in [-0.2, -0.15) is 0 Å². The lowest BCUT2D eigenvalue weighted by atomic mass is 10.1. The molecular formula is C24H31N5O. The van der Waals surface area contributed by atoms with Gasteiger partial charge in [0.1, 0.15) is 5.82 Å². The Labute approximate surface area is 178 Å². The number of nitrogens with zero attached hydrogens (tertiary/aromatic N) is 3. The molecule has 0 radical (unpaired) electrons. The number of fused-ring (bicyclic) bond motifs is 1. The third-order valence-corrected chi connectivity index (χ3v) is 5.92. The summed E-state index contributed by atoms with van der Waals surface area (Å²) in [6, 6.07) is 14.3. The van der Waals surface area contributed by atoms with Crippen LogP contribution in [0.15, 0.2) is 42.5 Å². The standard InChI is InChI=1S/C24H31N5O/c1-3-28-13-15-29(16-14-28)19-11-12-20(18(2)17-19)27-24(30)10-6-9-23-25-21-7-4-5-8-22(21)26-23/h4-5,7-8,11-12,17H,3,6,9-10,13-16H2,1-2H3,(H,25,26)(H,27,30). The first kappa shape index (κ1) is 20.4. The highest BCUT2D eigenvalue weighted by atomic mass is 16.1. The highest BCUT2D eigenvalue weighted by molar-refractivity contribution is 5.91. The summed E-state index contributed by atoms with van der Waals surface area (Å²) < 4.78 is 0. The monoisotopic (exact) mass is 405 g/mol. The molecule has 2 N–H and O–H groups in total. The van der Waals surface area contributed by atoms with E-state index in [2.05, 4.69) is 51.1 Å². The van der Waals surface area contributed by atoms with Crippen LogP contribution >= 0.6 is 0 Å². The molecule has 0 saturated carbocycles. The van der Waals surface area contributed by atoms with Crippen molar-refractivity contribution in [2.75, 3.05) is 42.9 Å². The Morgan fingerprint density at radius 3 is 2.67 bits per heavy atom. The van der Waals surface area contributed by atoms with Gasteiger partial charge in [-0.3, -0.25) is 4.79 Å². The smallest absolute Gasteiger partial charge is 0.224 e. The van der Waals surface area contributed by atoms with Gasteiger partial charge in [0.2, 0.25) is 5.91 Å². The van der Waals surface area contributed by atoms with Gasteiger partial charge in [0, 0.05) is 50.4 Å². The summed E-state index contributed by atoms with van der Waals surface area (Å²) in [5, 5.41) is 3.07. The number of benzene rings is 2. The van der Waals surface area contributed by atoms with E-state index in [1.54, 1.807) is 0 Å². The average Bonchev–Trinajstić information content (AvgIpc) is 3.18. The lowest BCUT2D eigenvalue weighted by Gasteiger charge is -2.35. The SMILES string of the molecule is CCN1CCN(c2ccc(NC(=O)CCCc3nc4ccccc4[nH]3)c(C)c2)CC1. The van der Waals surface area contributed by atoms with E-state index < -0.39 is 0 Å². The number of carbonyl (C=O) groups is 1. The normalized spacial score (nSPS) is 14.9. The minimum Gasteiger partial charge on any atom is -0.369 e. The van der Waals surface area contributed by atoms with Crippen molar-refractivity contribution in [2.45, 2.75) is 33.1 Å². The summed E-state index contributed by atoms with van der Waals surface area (Å²) in [5.74, 6) is 0.992. The molecule has 6 heteroatoms. The summed E-state index contributed by atoms with van der Waals surface area (Å²) >= 11 is 0. The number of amides is 1. The number of para-hydroxylation sites is 2. The summed E-state index contributed by atoms with van der Waals surface area (Å²) in [5.41, 5.74) is 5.27. The fourth-order valence-electron chi connectivity index (χ4n) is 4.06. The number of aromatic amines is 1. The second-order valence-corrected chi connectivity index (χ2v) is 8.02. The van der Waals surface area contributed by atoms with Gasteiger partial charge in [-0.05, 0) is 55.8 Å². The Balaban J connectivity index is 1.27. The average molecular weight is 406 g/mol. The number of nitrogens with one attached hydrogen (secondary N) is 2. The Hall–Kier alpha value is -2.86. The van der Waals surface area contributed by atoms with Gasteiger partial charge in [0.25, 0.3) is 0 Å². The Bertz CT molecular complexity index is 971. The Morgan fingerprint density at radius 1 is 1.13 bits per heavy atom. The molecule has 0 atom stereocenters. The van der Waals surface area contributed by atoms with Crippen molar-refractivity contribution in [1.29, 1.82) is 0 Å². The van der Waals surface area contributed by atoms with E-state index >= 15 is 0 Å². The lowest BCUT2D eigenvalue weighted by Crippen LogP contribution is -2.46. The molecule has 30 heavy (non-hydrogen) atoms. The largest absolute Gasteiger partial charge is 0.369 e. The first-order chi connectivity index (χ1) is 14.6. The van der Waals surface area contributed by atoms with Crippen molar-refractivity contribution in [1.82, 2.24) is 14.9 Å². The minimum atomic E-state index is 0.0542. The van der Waals surface area contributed by atoms with Crippen molar-refractivity contribution in [3.8, 4) is 0 Å². The molecule has 0 bridgehead atoms. The number of hydrogen-bond donors (Lipinski definition) is 2. The molecule has 0 unspecified atom stereocenters. The predicted molar refractivity (Wildman–Crippen MR) is 123 cm³/mol. The number of rotatable bonds is 7. The van der Waals surface area contributed by atoms with Crippen LogP contribution in [0, 0.1) is 6.92 Å². The fraction of sp³-hybridized carbons (Fsp3) is 0.417. The van der Waals surface area contributed by atoms with Crippen LogP contribution in [-0.4, -0.2) is 53.5 Å². The highest BCUT2D eigenvalue weighted by Gasteiger charge is 2.16. The number of imidazole rings is 1. The molecule has 4 rings (SSSR count). The molecule has 6 nitrogen and oxygen atoms in total. The molecule has 2 heterocycles. The van der Waals surface area contributed by atoms with E-state index in [1.807, 2.05) is 30.3 Å². The second kappa shape index (κ2) is 9.30. The van der Waals surface area contributed by atoms with Crippen molar-refractivity contribution in [3.63, 3.8) is 0 Å². The highest BCUT2D eigenvalue weighted by Crippen LogP contribution is 2.24. The lowest BCUT2D eigenvalue weighted by molar-refractivity contribution is -0.116. The van der Waals surface area contributed by atoms with Crippen LogP contribution in [0.3, 0.4) is 0 Å². The molecule has 1 fully saturated rings. The summed E-state index contributed by atoms with van der Waals surface area (Å²) in [6.45, 7) is 9.73. The van der Waals surface area contributed by atoms with E-state index in [4.69, 9.17) is 0 Å². The minimum absolute atomic E-state index is 0.0542. The van der Waals surface area contributed by atoms with Crippen molar-refractivity contribution >= 4 is 28.3 Å². The second-order valence-electron chi connectivity index (χ2n) is 8.02. The third kappa shape index (κ3) is 4.82. The first-order valence-corrected chi connectivity index (χ1v) is 10.9. The van der Waals surface area contributed by atoms with Gasteiger partial charge >= 0.3 is 0 Å². The first-order valence-electron chi connectivity index (χ1n) is 10.9. The van der Waals surface area contributed by atoms with Gasteiger partial charge < -0.3 is 20.1 Å². The van der Waals surface area contributed by atoms with E-state index in [0.29, 0.717) is 6.42 Å². The maximum atomic E-state index is 12.4. The van der Waals surface area contributed by atoms with Gasteiger partial charge in [0.05, 0.1) is 11.0 Å². The molecule has 158 valence electrons. The molecule has 1 aromatic heterocycles. The summed E-state index contributed by atoms with van der Waals surface area (Å²) in [4.78, 5) is 25.2. The van der Waals surface area contributed by atoms with Crippen LogP contribution in [0.5, 0.6) is 0 Å². The zero-order chi connectivity index (χ0) is 20.9.